The number of guanidine groups is 1. The molecule has 8 heteroatoms. The third-order valence-electron chi connectivity index (χ3n) is 4.16. The van der Waals surface area contributed by atoms with Gasteiger partial charge in [-0.05, 0) is 6.07 Å². The molecule has 2 aromatic rings. The van der Waals surface area contributed by atoms with E-state index < -0.39 is 0 Å². The molecule has 2 rings (SSSR count). The summed E-state index contributed by atoms with van der Waals surface area (Å²) in [5, 5.41) is 6.44. The van der Waals surface area contributed by atoms with E-state index in [4.69, 9.17) is 18.6 Å². The number of hydrogen-bond acceptors (Lipinski definition) is 6. The summed E-state index contributed by atoms with van der Waals surface area (Å²) in [6.07, 6.45) is 1.77. The van der Waals surface area contributed by atoms with Gasteiger partial charge in [-0.15, -0.1) is 0 Å². The van der Waals surface area contributed by atoms with Crippen LogP contribution in [0, 0.1) is 0 Å². The van der Waals surface area contributed by atoms with Crippen molar-refractivity contribution in [2.45, 2.75) is 39.3 Å². The Morgan fingerprint density at radius 1 is 1.00 bits per heavy atom. The largest absolute Gasteiger partial charge is 0.496 e. The molecule has 0 aliphatic carbocycles. The van der Waals surface area contributed by atoms with Crippen LogP contribution in [0.1, 0.15) is 38.0 Å². The van der Waals surface area contributed by atoms with Gasteiger partial charge < -0.3 is 29.3 Å². The van der Waals surface area contributed by atoms with Crippen molar-refractivity contribution in [2.24, 2.45) is 4.99 Å². The molecule has 2 N–H and O–H groups in total. The minimum atomic E-state index is -0.0743. The Morgan fingerprint density at radius 2 is 1.61 bits per heavy atom. The third-order valence-corrected chi connectivity index (χ3v) is 4.16. The van der Waals surface area contributed by atoms with E-state index in [0.29, 0.717) is 42.2 Å². The molecule has 0 radical (unpaired) electrons. The maximum atomic E-state index is 5.79. The third kappa shape index (κ3) is 5.31. The summed E-state index contributed by atoms with van der Waals surface area (Å²) < 4.78 is 21.9. The van der Waals surface area contributed by atoms with E-state index in [1.807, 2.05) is 6.07 Å². The smallest absolute Gasteiger partial charge is 0.213 e. The van der Waals surface area contributed by atoms with Crippen LogP contribution >= 0.6 is 0 Å². The fourth-order valence-electron chi connectivity index (χ4n) is 2.53. The molecule has 0 saturated carbocycles. The van der Waals surface area contributed by atoms with E-state index in [1.54, 1.807) is 40.6 Å². The molecule has 0 spiro atoms. The van der Waals surface area contributed by atoms with E-state index >= 15 is 0 Å². The van der Waals surface area contributed by atoms with Crippen LogP contribution in [0.5, 0.6) is 17.2 Å². The summed E-state index contributed by atoms with van der Waals surface area (Å²) in [4.78, 5) is 8.55. The zero-order valence-corrected chi connectivity index (χ0v) is 17.7. The molecular weight excluding hydrogens is 360 g/mol. The van der Waals surface area contributed by atoms with Gasteiger partial charge in [0, 0.05) is 30.6 Å². The number of methoxy groups -OCH3 is 3. The number of ether oxygens (including phenoxy) is 3. The minimum Gasteiger partial charge on any atom is -0.496 e. The van der Waals surface area contributed by atoms with Gasteiger partial charge in [0.2, 0.25) is 5.89 Å². The number of aromatic nitrogens is 1. The van der Waals surface area contributed by atoms with Gasteiger partial charge in [0.1, 0.15) is 11.5 Å². The molecular formula is C20H30N4O4. The Morgan fingerprint density at radius 3 is 2.14 bits per heavy atom. The van der Waals surface area contributed by atoms with Crippen molar-refractivity contribution in [3.63, 3.8) is 0 Å². The molecule has 1 aromatic carbocycles. The quantitative estimate of drug-likeness (QED) is 0.555. The minimum absolute atomic E-state index is 0.0743. The van der Waals surface area contributed by atoms with Crippen molar-refractivity contribution >= 4 is 5.96 Å². The molecule has 1 aromatic heterocycles. The van der Waals surface area contributed by atoms with Gasteiger partial charge in [-0.25, -0.2) is 4.98 Å². The number of rotatable bonds is 7. The fraction of sp³-hybridized carbons (Fsp3) is 0.500. The number of benzene rings is 1. The highest BCUT2D eigenvalue weighted by Crippen LogP contribution is 2.34. The fourth-order valence-corrected chi connectivity index (χ4v) is 2.53. The Balaban J connectivity index is 2.01. The molecule has 0 saturated heterocycles. The second-order valence-electron chi connectivity index (χ2n) is 7.17. The zero-order valence-electron chi connectivity index (χ0n) is 17.7. The van der Waals surface area contributed by atoms with E-state index in [-0.39, 0.29) is 5.41 Å². The van der Waals surface area contributed by atoms with Gasteiger partial charge in [0.25, 0.3) is 0 Å². The van der Waals surface area contributed by atoms with Crippen LogP contribution in [0.4, 0.5) is 0 Å². The molecule has 8 nitrogen and oxygen atoms in total. The van der Waals surface area contributed by atoms with Crippen LogP contribution in [-0.4, -0.2) is 39.3 Å². The van der Waals surface area contributed by atoms with Crippen molar-refractivity contribution in [2.75, 3.05) is 28.4 Å². The van der Waals surface area contributed by atoms with Crippen LogP contribution in [0.2, 0.25) is 0 Å². The number of nitrogens with one attached hydrogen (secondary N) is 2. The van der Waals surface area contributed by atoms with Gasteiger partial charge in [0.15, 0.2) is 17.5 Å². The first-order chi connectivity index (χ1) is 13.3. The summed E-state index contributed by atoms with van der Waals surface area (Å²) in [6.45, 7) is 7.17. The molecule has 0 amide bonds. The first-order valence-corrected chi connectivity index (χ1v) is 9.01. The highest BCUT2D eigenvalue weighted by molar-refractivity contribution is 5.79. The number of oxazole rings is 1. The number of hydrogen-bond donors (Lipinski definition) is 2. The van der Waals surface area contributed by atoms with Crippen LogP contribution in [0.25, 0.3) is 0 Å². The van der Waals surface area contributed by atoms with Crippen LogP contribution in [0.3, 0.4) is 0 Å². The lowest BCUT2D eigenvalue weighted by Crippen LogP contribution is -2.36. The SMILES string of the molecule is CN=C(NCc1ncc(C(C)(C)C)o1)NCc1cc(OC)c(OC)cc1OC. The highest BCUT2D eigenvalue weighted by atomic mass is 16.5. The summed E-state index contributed by atoms with van der Waals surface area (Å²) >= 11 is 0. The van der Waals surface area contributed by atoms with E-state index in [0.717, 1.165) is 11.3 Å². The molecule has 154 valence electrons. The van der Waals surface area contributed by atoms with Gasteiger partial charge >= 0.3 is 0 Å². The number of nitrogens with zero attached hydrogens (tertiary/aromatic N) is 2. The van der Waals surface area contributed by atoms with Crippen LogP contribution in [-0.2, 0) is 18.5 Å². The van der Waals surface area contributed by atoms with Crippen LogP contribution < -0.4 is 24.8 Å². The predicted octanol–water partition coefficient (Wildman–Crippen LogP) is 2.86. The Hall–Kier alpha value is -2.90. The lowest BCUT2D eigenvalue weighted by Gasteiger charge is -2.16. The maximum Gasteiger partial charge on any atom is 0.213 e. The van der Waals surface area contributed by atoms with Gasteiger partial charge in [-0.2, -0.15) is 0 Å². The molecule has 0 aliphatic heterocycles. The monoisotopic (exact) mass is 390 g/mol. The van der Waals surface area contributed by atoms with Crippen molar-refractivity contribution in [3.8, 4) is 17.2 Å². The van der Waals surface area contributed by atoms with Crippen LogP contribution in [0.15, 0.2) is 27.7 Å². The van der Waals surface area contributed by atoms with Crippen molar-refractivity contribution < 1.29 is 18.6 Å². The standard InChI is InChI=1S/C20H30N4O4/c1-20(2,3)17-11-22-18(28-17)12-24-19(21-4)23-10-13-8-15(26-6)16(27-7)9-14(13)25-5/h8-9,11H,10,12H2,1-7H3,(H2,21,23,24). The van der Waals surface area contributed by atoms with Crippen molar-refractivity contribution in [3.05, 3.63) is 35.5 Å². The van der Waals surface area contributed by atoms with E-state index in [2.05, 4.69) is 41.4 Å². The zero-order chi connectivity index (χ0) is 20.7. The number of aliphatic imine (C=N–C) groups is 1. The van der Waals surface area contributed by atoms with Crippen molar-refractivity contribution in [1.82, 2.24) is 15.6 Å². The van der Waals surface area contributed by atoms with Gasteiger partial charge in [-0.3, -0.25) is 4.99 Å². The second kappa shape index (κ2) is 9.34. The Labute approximate surface area is 166 Å². The van der Waals surface area contributed by atoms with E-state index in [1.165, 1.54) is 0 Å². The maximum absolute atomic E-state index is 5.79. The molecule has 0 bridgehead atoms. The van der Waals surface area contributed by atoms with Crippen molar-refractivity contribution in [1.29, 1.82) is 0 Å². The normalized spacial score (nSPS) is 11.9. The molecule has 0 atom stereocenters. The Bertz CT molecular complexity index is 809. The highest BCUT2D eigenvalue weighted by Gasteiger charge is 2.19. The summed E-state index contributed by atoms with van der Waals surface area (Å²) in [7, 11) is 6.52. The predicted molar refractivity (Wildman–Crippen MR) is 108 cm³/mol. The summed E-state index contributed by atoms with van der Waals surface area (Å²) in [5.41, 5.74) is 0.837. The van der Waals surface area contributed by atoms with Gasteiger partial charge in [0.05, 0.1) is 34.1 Å². The topological polar surface area (TPSA) is 90.1 Å². The molecule has 28 heavy (non-hydrogen) atoms. The second-order valence-corrected chi connectivity index (χ2v) is 7.17. The first-order valence-electron chi connectivity index (χ1n) is 9.01. The molecule has 0 aliphatic rings. The average molecular weight is 390 g/mol. The Kier molecular flexibility index (Phi) is 7.14. The summed E-state index contributed by atoms with van der Waals surface area (Å²) in [6, 6.07) is 3.68. The lowest BCUT2D eigenvalue weighted by atomic mass is 9.94. The van der Waals surface area contributed by atoms with E-state index in [9.17, 15) is 0 Å². The first kappa shape index (κ1) is 21.4. The molecule has 0 unspecified atom stereocenters. The lowest BCUT2D eigenvalue weighted by molar-refractivity contribution is 0.347. The van der Waals surface area contributed by atoms with Gasteiger partial charge in [-0.1, -0.05) is 20.8 Å². The molecule has 0 fully saturated rings. The molecule has 1 heterocycles. The summed E-state index contributed by atoms with van der Waals surface area (Å²) in [5.74, 6) is 4.02. The average Bonchev–Trinajstić information content (AvgIpc) is 3.17.